The number of halogens is 4. The zero-order valence-corrected chi connectivity index (χ0v) is 19.8. The number of rotatable bonds is 7. The molecule has 1 aliphatic rings. The molecular weight excluding hydrogens is 472 g/mol. The van der Waals surface area contributed by atoms with Crippen LogP contribution < -0.4 is 9.47 Å². The molecular formula is C29H26F4O3. The van der Waals surface area contributed by atoms with E-state index in [-0.39, 0.29) is 29.4 Å². The van der Waals surface area contributed by atoms with Crippen LogP contribution >= 0.6 is 0 Å². The third-order valence-electron chi connectivity index (χ3n) is 6.59. The summed E-state index contributed by atoms with van der Waals surface area (Å²) >= 11 is 0. The maximum absolute atomic E-state index is 14.7. The molecule has 3 aromatic rings. The summed E-state index contributed by atoms with van der Waals surface area (Å²) in [5, 5.41) is 0. The molecule has 0 bridgehead atoms. The summed E-state index contributed by atoms with van der Waals surface area (Å²) in [4.78, 5) is 12.7. The first kappa shape index (κ1) is 25.5. The first-order valence-corrected chi connectivity index (χ1v) is 11.9. The molecule has 188 valence electrons. The van der Waals surface area contributed by atoms with Crippen LogP contribution in [0, 0.1) is 29.2 Å². The largest absolute Gasteiger partial charge is 0.491 e. The Kier molecular flexibility index (Phi) is 7.77. The molecule has 36 heavy (non-hydrogen) atoms. The average Bonchev–Trinajstić information content (AvgIpc) is 2.90. The second-order valence-electron chi connectivity index (χ2n) is 8.75. The summed E-state index contributed by atoms with van der Waals surface area (Å²) in [6, 6.07) is 12.3. The fourth-order valence-corrected chi connectivity index (χ4v) is 4.59. The molecule has 0 N–H and O–H groups in total. The third-order valence-corrected chi connectivity index (χ3v) is 6.59. The lowest BCUT2D eigenvalue weighted by molar-refractivity contribution is -0.140. The van der Waals surface area contributed by atoms with Crippen molar-refractivity contribution in [1.29, 1.82) is 0 Å². The number of hydrogen-bond donors (Lipinski definition) is 0. The molecule has 4 rings (SSSR count). The van der Waals surface area contributed by atoms with Crippen molar-refractivity contribution in [2.24, 2.45) is 5.92 Å². The Morgan fingerprint density at radius 1 is 0.861 bits per heavy atom. The zero-order chi connectivity index (χ0) is 25.8. The maximum Gasteiger partial charge on any atom is 0.314 e. The molecule has 0 saturated heterocycles. The van der Waals surface area contributed by atoms with Crippen molar-refractivity contribution in [3.63, 3.8) is 0 Å². The molecule has 0 heterocycles. The van der Waals surface area contributed by atoms with Crippen LogP contribution in [0.2, 0.25) is 0 Å². The second-order valence-corrected chi connectivity index (χ2v) is 8.75. The lowest BCUT2D eigenvalue weighted by atomic mass is 9.78. The lowest BCUT2D eigenvalue weighted by Crippen LogP contribution is -2.26. The monoisotopic (exact) mass is 498 g/mol. The van der Waals surface area contributed by atoms with Crippen molar-refractivity contribution < 1.29 is 31.8 Å². The number of carbonyl (C=O) groups is 1. The summed E-state index contributed by atoms with van der Waals surface area (Å²) in [6.07, 6.45) is 3.22. The van der Waals surface area contributed by atoms with Gasteiger partial charge in [0.2, 0.25) is 11.6 Å². The van der Waals surface area contributed by atoms with Crippen LogP contribution in [0.1, 0.15) is 49.7 Å². The van der Waals surface area contributed by atoms with E-state index in [4.69, 9.17) is 9.47 Å². The van der Waals surface area contributed by atoms with Gasteiger partial charge in [-0.2, -0.15) is 8.78 Å². The highest BCUT2D eigenvalue weighted by atomic mass is 19.2. The van der Waals surface area contributed by atoms with E-state index in [1.165, 1.54) is 24.3 Å². The van der Waals surface area contributed by atoms with E-state index in [0.29, 0.717) is 31.2 Å². The van der Waals surface area contributed by atoms with Crippen molar-refractivity contribution in [1.82, 2.24) is 0 Å². The highest BCUT2D eigenvalue weighted by Gasteiger charge is 2.31. The average molecular weight is 499 g/mol. The lowest BCUT2D eigenvalue weighted by Gasteiger charge is -2.28. The molecule has 0 spiro atoms. The van der Waals surface area contributed by atoms with Crippen molar-refractivity contribution in [3.05, 3.63) is 89.5 Å². The van der Waals surface area contributed by atoms with Crippen LogP contribution in [0.3, 0.4) is 0 Å². The van der Waals surface area contributed by atoms with Crippen molar-refractivity contribution >= 4 is 12.0 Å². The van der Waals surface area contributed by atoms with E-state index in [1.807, 2.05) is 0 Å². The normalized spacial score (nSPS) is 17.5. The predicted molar refractivity (Wildman–Crippen MR) is 130 cm³/mol. The van der Waals surface area contributed by atoms with Gasteiger partial charge in [-0.3, -0.25) is 4.79 Å². The minimum atomic E-state index is -1.24. The van der Waals surface area contributed by atoms with Crippen LogP contribution in [0.5, 0.6) is 11.5 Å². The highest BCUT2D eigenvalue weighted by molar-refractivity contribution is 5.76. The molecule has 0 amide bonds. The minimum Gasteiger partial charge on any atom is -0.491 e. The van der Waals surface area contributed by atoms with E-state index in [1.54, 1.807) is 37.3 Å². The van der Waals surface area contributed by atoms with Gasteiger partial charge in [-0.1, -0.05) is 43.0 Å². The van der Waals surface area contributed by atoms with Gasteiger partial charge in [-0.25, -0.2) is 8.78 Å². The molecule has 1 fully saturated rings. The van der Waals surface area contributed by atoms with Crippen molar-refractivity contribution in [2.75, 3.05) is 6.61 Å². The molecule has 3 nitrogen and oxygen atoms in total. The van der Waals surface area contributed by atoms with E-state index < -0.39 is 40.9 Å². The molecule has 1 saturated carbocycles. The summed E-state index contributed by atoms with van der Waals surface area (Å²) in [7, 11) is 0. The molecule has 0 atom stereocenters. The molecule has 0 aliphatic heterocycles. The smallest absolute Gasteiger partial charge is 0.314 e. The Morgan fingerprint density at radius 3 is 2.14 bits per heavy atom. The first-order valence-electron chi connectivity index (χ1n) is 11.9. The second kappa shape index (κ2) is 11.0. The number of benzene rings is 3. The number of carbonyl (C=O) groups excluding carboxylic acids is 1. The number of esters is 1. The van der Waals surface area contributed by atoms with Gasteiger partial charge in [0.15, 0.2) is 23.1 Å². The minimum absolute atomic E-state index is 0.0491. The Bertz CT molecular complexity index is 1260. The Labute approximate surface area is 207 Å². The van der Waals surface area contributed by atoms with Gasteiger partial charge in [-0.15, -0.1) is 0 Å². The summed E-state index contributed by atoms with van der Waals surface area (Å²) < 4.78 is 68.6. The van der Waals surface area contributed by atoms with Crippen LogP contribution in [0.4, 0.5) is 17.6 Å². The quantitative estimate of drug-likeness (QED) is 0.189. The highest BCUT2D eigenvalue weighted by Crippen LogP contribution is 2.39. The molecule has 7 heteroatoms. The Morgan fingerprint density at radius 2 is 1.50 bits per heavy atom. The molecule has 0 radical (unpaired) electrons. The number of hydrogen-bond acceptors (Lipinski definition) is 3. The fraction of sp³-hybridized carbons (Fsp3) is 0.276. The molecule has 0 aromatic heterocycles. The van der Waals surface area contributed by atoms with Crippen LogP contribution in [-0.2, 0) is 4.79 Å². The van der Waals surface area contributed by atoms with Gasteiger partial charge in [0.05, 0.1) is 12.5 Å². The summed E-state index contributed by atoms with van der Waals surface area (Å²) in [5.74, 6) is -6.41. The maximum atomic E-state index is 14.7. The first-order chi connectivity index (χ1) is 17.3. The van der Waals surface area contributed by atoms with Gasteiger partial charge in [0.25, 0.3) is 0 Å². The third kappa shape index (κ3) is 5.15. The molecule has 3 aromatic carbocycles. The van der Waals surface area contributed by atoms with Crippen molar-refractivity contribution in [3.8, 4) is 22.6 Å². The molecule has 0 unspecified atom stereocenters. The topological polar surface area (TPSA) is 35.5 Å². The van der Waals surface area contributed by atoms with E-state index >= 15 is 0 Å². The summed E-state index contributed by atoms with van der Waals surface area (Å²) in [6.45, 7) is 5.56. The van der Waals surface area contributed by atoms with Crippen molar-refractivity contribution in [2.45, 2.75) is 38.5 Å². The van der Waals surface area contributed by atoms with E-state index in [9.17, 15) is 22.4 Å². The van der Waals surface area contributed by atoms with Gasteiger partial charge in [-0.05, 0) is 73.4 Å². The van der Waals surface area contributed by atoms with E-state index in [0.717, 1.165) is 5.56 Å². The van der Waals surface area contributed by atoms with Gasteiger partial charge >= 0.3 is 5.97 Å². The van der Waals surface area contributed by atoms with E-state index in [2.05, 4.69) is 6.58 Å². The van der Waals surface area contributed by atoms with Gasteiger partial charge in [0, 0.05) is 5.56 Å². The van der Waals surface area contributed by atoms with Gasteiger partial charge in [0.1, 0.15) is 0 Å². The SMILES string of the molecule is C=Cc1ccc(-c2ccc(OC(=O)C3CCC(c4ccc(OCC)c(F)c4F)CC3)c(F)c2F)cc1. The number of ether oxygens (including phenoxy) is 2. The van der Waals surface area contributed by atoms with Crippen LogP contribution in [0.25, 0.3) is 17.2 Å². The van der Waals surface area contributed by atoms with Gasteiger partial charge < -0.3 is 9.47 Å². The van der Waals surface area contributed by atoms with Crippen LogP contribution in [0.15, 0.2) is 55.1 Å². The Balaban J connectivity index is 1.41. The van der Waals surface area contributed by atoms with Crippen LogP contribution in [-0.4, -0.2) is 12.6 Å². The zero-order valence-electron chi connectivity index (χ0n) is 19.8. The fourth-order valence-electron chi connectivity index (χ4n) is 4.59. The predicted octanol–water partition coefficient (Wildman–Crippen LogP) is 7.83. The molecule has 1 aliphatic carbocycles. The standard InChI is InChI=1S/C29H26F4O3/c1-3-17-5-7-18(8-6-17)22-14-16-24(28(33)26(22)31)36-29(34)20-11-9-19(10-12-20)21-13-15-23(35-4-2)27(32)25(21)30/h3,5-8,13-16,19-20H,1,4,9-12H2,2H3. The Hall–Kier alpha value is -3.61. The summed E-state index contributed by atoms with van der Waals surface area (Å²) in [5.41, 5.74) is 1.61.